The van der Waals surface area contributed by atoms with E-state index in [0.29, 0.717) is 11.3 Å². The first-order chi connectivity index (χ1) is 9.06. The Labute approximate surface area is 123 Å². The minimum absolute atomic E-state index is 0.144. The molecular formula is C13H10BrFN2OS. The van der Waals surface area contributed by atoms with Gasteiger partial charge in [-0.15, -0.1) is 0 Å². The van der Waals surface area contributed by atoms with Gasteiger partial charge in [0.2, 0.25) is 0 Å². The quantitative estimate of drug-likeness (QED) is 0.868. The molecule has 0 atom stereocenters. The van der Waals surface area contributed by atoms with E-state index in [2.05, 4.69) is 20.9 Å². The first-order valence-electron chi connectivity index (χ1n) is 5.38. The van der Waals surface area contributed by atoms with Gasteiger partial charge in [0.05, 0.1) is 6.20 Å². The van der Waals surface area contributed by atoms with Crippen LogP contribution < -0.4 is 10.5 Å². The second kappa shape index (κ2) is 6.08. The lowest BCUT2D eigenvalue weighted by Crippen LogP contribution is -2.14. The fourth-order valence-electron chi connectivity index (χ4n) is 1.54. The molecule has 1 heterocycles. The summed E-state index contributed by atoms with van der Waals surface area (Å²) in [6.45, 7) is 0.241. The van der Waals surface area contributed by atoms with Crippen molar-refractivity contribution in [3.05, 3.63) is 58.1 Å². The summed E-state index contributed by atoms with van der Waals surface area (Å²) in [7, 11) is 0. The molecule has 0 bridgehead atoms. The summed E-state index contributed by atoms with van der Waals surface area (Å²) < 4.78 is 19.5. The summed E-state index contributed by atoms with van der Waals surface area (Å²) in [5.41, 5.74) is 6.78. The lowest BCUT2D eigenvalue weighted by molar-refractivity contribution is 0.304. The number of benzene rings is 1. The molecule has 2 aromatic rings. The van der Waals surface area contributed by atoms with Gasteiger partial charge in [0.25, 0.3) is 0 Å². The molecule has 6 heteroatoms. The number of aromatic nitrogens is 1. The number of hydrogen-bond acceptors (Lipinski definition) is 3. The molecule has 0 radical (unpaired) electrons. The predicted molar refractivity (Wildman–Crippen MR) is 78.6 cm³/mol. The van der Waals surface area contributed by atoms with Crippen LogP contribution in [0.1, 0.15) is 11.1 Å². The van der Waals surface area contributed by atoms with Crippen molar-refractivity contribution >= 4 is 33.1 Å². The number of ether oxygens (including phenoxy) is 1. The zero-order valence-corrected chi connectivity index (χ0v) is 12.2. The zero-order valence-electron chi connectivity index (χ0n) is 9.77. The maximum absolute atomic E-state index is 13.2. The molecule has 1 aromatic heterocycles. The Morgan fingerprint density at radius 3 is 2.84 bits per heavy atom. The highest BCUT2D eigenvalue weighted by Crippen LogP contribution is 2.19. The standard InChI is InChI=1S/C13H10BrFN2OS/c14-9-3-11(6-17-5-9)18-7-8-1-2-10(15)4-12(8)13(16)19/h1-6H,7H2,(H2,16,19). The van der Waals surface area contributed by atoms with Gasteiger partial charge < -0.3 is 10.5 Å². The van der Waals surface area contributed by atoms with E-state index in [4.69, 9.17) is 22.7 Å². The van der Waals surface area contributed by atoms with Gasteiger partial charge >= 0.3 is 0 Å². The highest BCUT2D eigenvalue weighted by Gasteiger charge is 2.08. The van der Waals surface area contributed by atoms with E-state index in [1.165, 1.54) is 12.1 Å². The Hall–Kier alpha value is -1.53. The van der Waals surface area contributed by atoms with E-state index in [-0.39, 0.29) is 17.4 Å². The molecule has 3 nitrogen and oxygen atoms in total. The number of nitrogens with zero attached hydrogens (tertiary/aromatic N) is 1. The van der Waals surface area contributed by atoms with Crippen molar-refractivity contribution in [3.8, 4) is 5.75 Å². The number of hydrogen-bond donors (Lipinski definition) is 1. The number of pyridine rings is 1. The molecule has 98 valence electrons. The number of rotatable bonds is 4. The van der Waals surface area contributed by atoms with Gasteiger partial charge in [-0.05, 0) is 39.7 Å². The Kier molecular flexibility index (Phi) is 4.44. The predicted octanol–water partition coefficient (Wildman–Crippen LogP) is 3.20. The van der Waals surface area contributed by atoms with Crippen LogP contribution in [0.5, 0.6) is 5.75 Å². The maximum Gasteiger partial charge on any atom is 0.139 e. The van der Waals surface area contributed by atoms with E-state index in [0.717, 1.165) is 10.0 Å². The van der Waals surface area contributed by atoms with Gasteiger partial charge in [-0.2, -0.15) is 0 Å². The molecule has 0 aliphatic carbocycles. The number of halogens is 2. The minimum Gasteiger partial charge on any atom is -0.487 e. The largest absolute Gasteiger partial charge is 0.487 e. The minimum atomic E-state index is -0.379. The molecule has 2 N–H and O–H groups in total. The molecule has 0 saturated heterocycles. The molecule has 19 heavy (non-hydrogen) atoms. The van der Waals surface area contributed by atoms with Crippen molar-refractivity contribution in [2.24, 2.45) is 5.73 Å². The van der Waals surface area contributed by atoms with Crippen LogP contribution in [0, 0.1) is 5.82 Å². The van der Waals surface area contributed by atoms with Gasteiger partial charge in [0.15, 0.2) is 0 Å². The maximum atomic E-state index is 13.2. The van der Waals surface area contributed by atoms with Crippen molar-refractivity contribution < 1.29 is 9.13 Å². The summed E-state index contributed by atoms with van der Waals surface area (Å²) in [5.74, 6) is 0.225. The van der Waals surface area contributed by atoms with Crippen LogP contribution in [0.2, 0.25) is 0 Å². The van der Waals surface area contributed by atoms with Crippen molar-refractivity contribution in [2.75, 3.05) is 0 Å². The average molecular weight is 341 g/mol. The van der Waals surface area contributed by atoms with E-state index in [9.17, 15) is 4.39 Å². The molecule has 2 rings (SSSR count). The number of thiocarbonyl (C=S) groups is 1. The van der Waals surface area contributed by atoms with E-state index >= 15 is 0 Å². The molecule has 1 aromatic carbocycles. The Morgan fingerprint density at radius 1 is 1.37 bits per heavy atom. The molecular weight excluding hydrogens is 331 g/mol. The third-order valence-electron chi connectivity index (χ3n) is 2.41. The van der Waals surface area contributed by atoms with Crippen molar-refractivity contribution in [1.29, 1.82) is 0 Å². The molecule has 0 spiro atoms. The summed E-state index contributed by atoms with van der Waals surface area (Å²) >= 11 is 8.20. The van der Waals surface area contributed by atoms with E-state index in [1.807, 2.05) is 0 Å². The van der Waals surface area contributed by atoms with Gasteiger partial charge in [-0.3, -0.25) is 4.98 Å². The normalized spacial score (nSPS) is 10.2. The highest BCUT2D eigenvalue weighted by molar-refractivity contribution is 9.10. The Bertz CT molecular complexity index is 621. The molecule has 0 aliphatic heterocycles. The van der Waals surface area contributed by atoms with Crippen molar-refractivity contribution in [1.82, 2.24) is 4.98 Å². The van der Waals surface area contributed by atoms with Crippen molar-refractivity contribution in [2.45, 2.75) is 6.61 Å². The fourth-order valence-corrected chi connectivity index (χ4v) is 2.07. The first kappa shape index (κ1) is 13.9. The summed E-state index contributed by atoms with van der Waals surface area (Å²) in [6, 6.07) is 6.05. The van der Waals surface area contributed by atoms with Crippen LogP contribution in [0.3, 0.4) is 0 Å². The lowest BCUT2D eigenvalue weighted by atomic mass is 10.1. The van der Waals surface area contributed by atoms with Crippen LogP contribution in [-0.4, -0.2) is 9.97 Å². The molecule has 0 aliphatic rings. The second-order valence-electron chi connectivity index (χ2n) is 3.79. The SMILES string of the molecule is NC(=S)c1cc(F)ccc1COc1cncc(Br)c1. The smallest absolute Gasteiger partial charge is 0.139 e. The lowest BCUT2D eigenvalue weighted by Gasteiger charge is -2.10. The monoisotopic (exact) mass is 340 g/mol. The van der Waals surface area contributed by atoms with Crippen LogP contribution in [0.25, 0.3) is 0 Å². The average Bonchev–Trinajstić information content (AvgIpc) is 2.37. The third-order valence-corrected chi connectivity index (χ3v) is 3.07. The zero-order chi connectivity index (χ0) is 13.8. The Balaban J connectivity index is 2.17. The van der Waals surface area contributed by atoms with Crippen LogP contribution in [0.4, 0.5) is 4.39 Å². The van der Waals surface area contributed by atoms with E-state index < -0.39 is 0 Å². The molecule has 0 amide bonds. The Morgan fingerprint density at radius 2 is 2.16 bits per heavy atom. The summed E-state index contributed by atoms with van der Waals surface area (Å²) in [5, 5.41) is 0. The third kappa shape index (κ3) is 3.71. The highest BCUT2D eigenvalue weighted by atomic mass is 79.9. The molecule has 0 unspecified atom stereocenters. The van der Waals surface area contributed by atoms with Crippen LogP contribution in [-0.2, 0) is 6.61 Å². The summed E-state index contributed by atoms with van der Waals surface area (Å²) in [6.07, 6.45) is 3.25. The topological polar surface area (TPSA) is 48.1 Å². The van der Waals surface area contributed by atoms with Crippen LogP contribution >= 0.6 is 28.1 Å². The summed E-state index contributed by atoms with van der Waals surface area (Å²) in [4.78, 5) is 4.13. The van der Waals surface area contributed by atoms with E-state index in [1.54, 1.807) is 24.5 Å². The first-order valence-corrected chi connectivity index (χ1v) is 6.58. The van der Waals surface area contributed by atoms with Crippen LogP contribution in [0.15, 0.2) is 41.1 Å². The van der Waals surface area contributed by atoms with Gasteiger partial charge in [0.1, 0.15) is 23.2 Å². The van der Waals surface area contributed by atoms with Gasteiger partial charge in [-0.25, -0.2) is 4.39 Å². The van der Waals surface area contributed by atoms with Crippen molar-refractivity contribution in [3.63, 3.8) is 0 Å². The second-order valence-corrected chi connectivity index (χ2v) is 5.15. The van der Waals surface area contributed by atoms with Gasteiger partial charge in [-0.1, -0.05) is 18.3 Å². The fraction of sp³-hybridized carbons (Fsp3) is 0.0769. The molecule has 0 fully saturated rings. The molecule has 0 saturated carbocycles. The van der Waals surface area contributed by atoms with Gasteiger partial charge in [0, 0.05) is 16.2 Å². The number of nitrogens with two attached hydrogens (primary N) is 1.